The monoisotopic (exact) mass is 364 g/mol. The van der Waals surface area contributed by atoms with Crippen LogP contribution in [0, 0.1) is 11.3 Å². The van der Waals surface area contributed by atoms with Crippen molar-refractivity contribution in [3.63, 3.8) is 0 Å². The largest absolute Gasteiger partial charge is 0.491 e. The molecule has 0 aliphatic carbocycles. The molecule has 0 saturated heterocycles. The average Bonchev–Trinajstić information content (AvgIpc) is 2.65. The van der Waals surface area contributed by atoms with E-state index >= 15 is 0 Å². The van der Waals surface area contributed by atoms with Gasteiger partial charge in [0.2, 0.25) is 0 Å². The Labute approximate surface area is 158 Å². The first kappa shape index (κ1) is 19.7. The Morgan fingerprint density at radius 2 is 1.85 bits per heavy atom. The van der Waals surface area contributed by atoms with E-state index in [4.69, 9.17) is 4.74 Å². The fraction of sp³-hybridized carbons (Fsp3) is 0.190. The van der Waals surface area contributed by atoms with Crippen LogP contribution in [0.15, 0.2) is 54.1 Å². The molecule has 1 N–H and O–H groups in total. The Balaban J connectivity index is 2.15. The van der Waals surface area contributed by atoms with Crippen molar-refractivity contribution in [2.45, 2.75) is 20.0 Å². The molecule has 2 aromatic carbocycles. The number of hydrogen-bond acceptors (Lipinski definition) is 5. The van der Waals surface area contributed by atoms with Gasteiger partial charge >= 0.3 is 5.97 Å². The minimum absolute atomic E-state index is 0.0125. The summed E-state index contributed by atoms with van der Waals surface area (Å²) in [5.74, 6) is -0.354. The Morgan fingerprint density at radius 1 is 1.15 bits per heavy atom. The highest BCUT2D eigenvalue weighted by atomic mass is 16.5. The van der Waals surface area contributed by atoms with Crippen LogP contribution in [0.5, 0.6) is 5.75 Å². The molecular formula is C21H20N2O4. The fourth-order valence-corrected chi connectivity index (χ4v) is 2.27. The van der Waals surface area contributed by atoms with E-state index in [1.807, 2.05) is 19.9 Å². The van der Waals surface area contributed by atoms with E-state index < -0.39 is 11.9 Å². The third-order valence-corrected chi connectivity index (χ3v) is 3.47. The van der Waals surface area contributed by atoms with E-state index in [9.17, 15) is 14.9 Å². The van der Waals surface area contributed by atoms with Crippen molar-refractivity contribution >= 4 is 23.6 Å². The average molecular weight is 364 g/mol. The minimum atomic E-state index is -0.531. The summed E-state index contributed by atoms with van der Waals surface area (Å²) < 4.78 is 10.2. The first-order valence-corrected chi connectivity index (χ1v) is 8.31. The lowest BCUT2D eigenvalue weighted by Gasteiger charge is -2.11. The van der Waals surface area contributed by atoms with E-state index in [1.165, 1.54) is 13.2 Å². The predicted molar refractivity (Wildman–Crippen MR) is 102 cm³/mol. The van der Waals surface area contributed by atoms with E-state index in [0.717, 1.165) is 0 Å². The zero-order valence-corrected chi connectivity index (χ0v) is 15.4. The number of nitriles is 1. The molecule has 0 fully saturated rings. The molecule has 27 heavy (non-hydrogen) atoms. The van der Waals surface area contributed by atoms with Gasteiger partial charge in [-0.05, 0) is 49.8 Å². The number of carbonyl (C=O) groups is 2. The molecule has 0 aromatic heterocycles. The minimum Gasteiger partial charge on any atom is -0.491 e. The number of esters is 1. The van der Waals surface area contributed by atoms with Gasteiger partial charge < -0.3 is 14.8 Å². The van der Waals surface area contributed by atoms with E-state index in [1.54, 1.807) is 48.5 Å². The number of carbonyl (C=O) groups excluding carboxylic acids is 2. The highest BCUT2D eigenvalue weighted by molar-refractivity contribution is 6.09. The van der Waals surface area contributed by atoms with Crippen LogP contribution < -0.4 is 10.1 Å². The van der Waals surface area contributed by atoms with Crippen molar-refractivity contribution in [3.05, 3.63) is 65.2 Å². The molecule has 0 unspecified atom stereocenters. The first-order valence-electron chi connectivity index (χ1n) is 8.31. The zero-order chi connectivity index (χ0) is 19.8. The zero-order valence-electron chi connectivity index (χ0n) is 15.4. The van der Waals surface area contributed by atoms with Gasteiger partial charge in [-0.3, -0.25) is 4.79 Å². The summed E-state index contributed by atoms with van der Waals surface area (Å²) >= 11 is 0. The van der Waals surface area contributed by atoms with Gasteiger partial charge in [-0.1, -0.05) is 18.2 Å². The number of methoxy groups -OCH3 is 1. The molecule has 0 heterocycles. The van der Waals surface area contributed by atoms with Crippen molar-refractivity contribution in [1.82, 2.24) is 0 Å². The summed E-state index contributed by atoms with van der Waals surface area (Å²) in [7, 11) is 1.30. The van der Waals surface area contributed by atoms with Crippen molar-refractivity contribution in [1.29, 1.82) is 5.26 Å². The van der Waals surface area contributed by atoms with Crippen LogP contribution in [0.1, 0.15) is 29.8 Å². The van der Waals surface area contributed by atoms with Crippen LogP contribution in [0.4, 0.5) is 5.69 Å². The van der Waals surface area contributed by atoms with Crippen LogP contribution in [-0.4, -0.2) is 25.1 Å². The molecule has 0 saturated carbocycles. The predicted octanol–water partition coefficient (Wildman–Crippen LogP) is 3.81. The topological polar surface area (TPSA) is 88.4 Å². The molecule has 0 radical (unpaired) electrons. The van der Waals surface area contributed by atoms with Gasteiger partial charge in [0.05, 0.1) is 18.8 Å². The number of hydrogen-bond donors (Lipinski definition) is 1. The van der Waals surface area contributed by atoms with Crippen molar-refractivity contribution in [3.8, 4) is 11.8 Å². The summed E-state index contributed by atoms with van der Waals surface area (Å²) in [6, 6.07) is 15.2. The summed E-state index contributed by atoms with van der Waals surface area (Å²) in [5.41, 5.74) is 1.47. The summed E-state index contributed by atoms with van der Waals surface area (Å²) in [5, 5.41) is 12.0. The quantitative estimate of drug-likeness (QED) is 0.478. The molecule has 0 aliphatic heterocycles. The number of ether oxygens (including phenoxy) is 2. The molecule has 0 bridgehead atoms. The van der Waals surface area contributed by atoms with Crippen molar-refractivity contribution < 1.29 is 19.1 Å². The van der Waals surface area contributed by atoms with Crippen LogP contribution in [0.25, 0.3) is 6.08 Å². The Morgan fingerprint density at radius 3 is 2.44 bits per heavy atom. The lowest BCUT2D eigenvalue weighted by molar-refractivity contribution is -0.112. The SMILES string of the molecule is COC(=O)c1ccc(/C=C(/C#N)C(=O)Nc2cccc(OC(C)C)c2)cc1. The van der Waals surface area contributed by atoms with Gasteiger partial charge in [0.1, 0.15) is 17.4 Å². The molecule has 1 amide bonds. The molecule has 0 spiro atoms. The molecule has 6 nitrogen and oxygen atoms in total. The van der Waals surface area contributed by atoms with Crippen molar-refractivity contribution in [2.24, 2.45) is 0 Å². The third kappa shape index (κ3) is 5.72. The number of anilines is 1. The van der Waals surface area contributed by atoms with Gasteiger partial charge in [0.25, 0.3) is 5.91 Å². The molecular weight excluding hydrogens is 344 g/mol. The van der Waals surface area contributed by atoms with Crippen LogP contribution in [0.2, 0.25) is 0 Å². The molecule has 0 aliphatic rings. The first-order chi connectivity index (χ1) is 12.9. The smallest absolute Gasteiger partial charge is 0.337 e. The highest BCUT2D eigenvalue weighted by Gasteiger charge is 2.11. The number of rotatable bonds is 6. The normalized spacial score (nSPS) is 10.9. The Hall–Kier alpha value is -3.59. The van der Waals surface area contributed by atoms with E-state index in [2.05, 4.69) is 10.1 Å². The second-order valence-corrected chi connectivity index (χ2v) is 5.93. The number of nitrogens with one attached hydrogen (secondary N) is 1. The molecule has 0 atom stereocenters. The lowest BCUT2D eigenvalue weighted by Crippen LogP contribution is -2.13. The van der Waals surface area contributed by atoms with Crippen LogP contribution in [-0.2, 0) is 9.53 Å². The number of nitrogens with zero attached hydrogens (tertiary/aromatic N) is 1. The second-order valence-electron chi connectivity index (χ2n) is 5.93. The van der Waals surface area contributed by atoms with Gasteiger partial charge in [-0.15, -0.1) is 0 Å². The van der Waals surface area contributed by atoms with Crippen LogP contribution in [0.3, 0.4) is 0 Å². The van der Waals surface area contributed by atoms with Crippen molar-refractivity contribution in [2.75, 3.05) is 12.4 Å². The number of benzene rings is 2. The molecule has 2 rings (SSSR count). The maximum atomic E-state index is 12.4. The third-order valence-electron chi connectivity index (χ3n) is 3.47. The maximum absolute atomic E-state index is 12.4. The number of amides is 1. The van der Waals surface area contributed by atoms with Gasteiger partial charge in [-0.25, -0.2) is 4.79 Å². The van der Waals surface area contributed by atoms with Gasteiger partial charge in [0, 0.05) is 11.8 Å². The van der Waals surface area contributed by atoms with Gasteiger partial charge in [-0.2, -0.15) is 5.26 Å². The molecule has 138 valence electrons. The summed E-state index contributed by atoms with van der Waals surface area (Å²) in [6.45, 7) is 3.82. The maximum Gasteiger partial charge on any atom is 0.337 e. The summed E-state index contributed by atoms with van der Waals surface area (Å²) in [6.07, 6.45) is 1.46. The standard InChI is InChI=1S/C21H20N2O4/c1-14(2)27-19-6-4-5-18(12-19)23-20(24)17(13-22)11-15-7-9-16(10-8-15)21(25)26-3/h4-12,14H,1-3H3,(H,23,24)/b17-11-. The lowest BCUT2D eigenvalue weighted by atomic mass is 10.1. The van der Waals surface area contributed by atoms with E-state index in [-0.39, 0.29) is 11.7 Å². The van der Waals surface area contributed by atoms with Crippen LogP contribution >= 0.6 is 0 Å². The Bertz CT molecular complexity index is 893. The van der Waals surface area contributed by atoms with Gasteiger partial charge in [0.15, 0.2) is 0 Å². The second kappa shape index (κ2) is 9.20. The fourth-order valence-electron chi connectivity index (χ4n) is 2.27. The molecule has 2 aromatic rings. The van der Waals surface area contributed by atoms with E-state index in [0.29, 0.717) is 22.6 Å². The Kier molecular flexibility index (Phi) is 6.73. The summed E-state index contributed by atoms with van der Waals surface area (Å²) in [4.78, 5) is 23.8. The highest BCUT2D eigenvalue weighted by Crippen LogP contribution is 2.19. The molecule has 6 heteroatoms.